The van der Waals surface area contributed by atoms with Gasteiger partial charge >= 0.3 is 0 Å². The summed E-state index contributed by atoms with van der Waals surface area (Å²) >= 11 is 5.73. The summed E-state index contributed by atoms with van der Waals surface area (Å²) in [6.07, 6.45) is 4.74. The molecule has 0 atom stereocenters. The van der Waals surface area contributed by atoms with Crippen molar-refractivity contribution in [3.8, 4) is 17.7 Å². The van der Waals surface area contributed by atoms with Gasteiger partial charge < -0.3 is 4.74 Å². The van der Waals surface area contributed by atoms with E-state index < -0.39 is 0 Å². The number of hydrogen-bond donors (Lipinski definition) is 0. The number of benzene rings is 1. The van der Waals surface area contributed by atoms with Crippen molar-refractivity contribution >= 4 is 17.7 Å². The highest BCUT2D eigenvalue weighted by molar-refractivity contribution is 6.28. The first-order valence-corrected chi connectivity index (χ1v) is 6.32. The molecule has 5 heteroatoms. The van der Waals surface area contributed by atoms with Crippen molar-refractivity contribution in [2.75, 3.05) is 0 Å². The predicted octanol–water partition coefficient (Wildman–Crippen LogP) is 4.08. The van der Waals surface area contributed by atoms with Crippen LogP contribution in [0.1, 0.15) is 16.7 Å². The van der Waals surface area contributed by atoms with E-state index in [2.05, 4.69) is 9.97 Å². The second-order valence-electron chi connectivity index (χ2n) is 4.21. The van der Waals surface area contributed by atoms with E-state index in [9.17, 15) is 0 Å². The molecule has 0 aliphatic carbocycles. The molecule has 100 valence electrons. The largest absolute Gasteiger partial charge is 0.438 e. The van der Waals surface area contributed by atoms with Crippen molar-refractivity contribution in [2.24, 2.45) is 0 Å². The van der Waals surface area contributed by atoms with Crippen LogP contribution < -0.4 is 4.74 Å². The van der Waals surface area contributed by atoms with E-state index in [0.29, 0.717) is 5.88 Å². The molecule has 2 rings (SSSR count). The van der Waals surface area contributed by atoms with Crippen molar-refractivity contribution in [3.63, 3.8) is 0 Å². The molecule has 4 nitrogen and oxygen atoms in total. The van der Waals surface area contributed by atoms with Crippen molar-refractivity contribution in [3.05, 3.63) is 52.4 Å². The zero-order chi connectivity index (χ0) is 14.5. The van der Waals surface area contributed by atoms with Gasteiger partial charge in [-0.2, -0.15) is 10.2 Å². The average Bonchev–Trinajstić information content (AvgIpc) is 2.40. The van der Waals surface area contributed by atoms with E-state index in [-0.39, 0.29) is 5.28 Å². The summed E-state index contributed by atoms with van der Waals surface area (Å²) in [7, 11) is 0. The Balaban J connectivity index is 2.34. The van der Waals surface area contributed by atoms with Crippen LogP contribution in [0.5, 0.6) is 11.6 Å². The Hall–Kier alpha value is -2.38. The topological polar surface area (TPSA) is 58.8 Å². The van der Waals surface area contributed by atoms with E-state index >= 15 is 0 Å². The molecule has 0 bridgehead atoms. The van der Waals surface area contributed by atoms with Gasteiger partial charge in [0.1, 0.15) is 5.75 Å². The van der Waals surface area contributed by atoms with Gasteiger partial charge in [0, 0.05) is 18.3 Å². The molecule has 0 aliphatic heterocycles. The second kappa shape index (κ2) is 6.18. The van der Waals surface area contributed by atoms with Crippen molar-refractivity contribution < 1.29 is 4.74 Å². The Bertz CT molecular complexity index is 682. The van der Waals surface area contributed by atoms with E-state index in [1.54, 1.807) is 18.3 Å². The maximum absolute atomic E-state index is 8.55. The Morgan fingerprint density at radius 1 is 1.30 bits per heavy atom. The Labute approximate surface area is 122 Å². The maximum Gasteiger partial charge on any atom is 0.225 e. The minimum atomic E-state index is 0.145. The van der Waals surface area contributed by atoms with Gasteiger partial charge in [-0.05, 0) is 60.3 Å². The summed E-state index contributed by atoms with van der Waals surface area (Å²) in [5, 5.41) is 8.70. The SMILES string of the molecule is Cc1cc(C=CC#N)cc(C)c1Oc1ccnc(Cl)n1. The first kappa shape index (κ1) is 14.0. The molecular weight excluding hydrogens is 274 g/mol. The fraction of sp³-hybridized carbons (Fsp3) is 0.133. The van der Waals surface area contributed by atoms with Crippen LogP contribution in [0.4, 0.5) is 0 Å². The lowest BCUT2D eigenvalue weighted by atomic mass is 10.1. The fourth-order valence-corrected chi connectivity index (χ4v) is 2.00. The quantitative estimate of drug-likeness (QED) is 0.630. The van der Waals surface area contributed by atoms with Crippen LogP contribution in [0.25, 0.3) is 6.08 Å². The molecule has 0 radical (unpaired) electrons. The molecule has 0 saturated heterocycles. The highest BCUT2D eigenvalue weighted by atomic mass is 35.5. The summed E-state index contributed by atoms with van der Waals surface area (Å²) in [6, 6.07) is 7.51. The van der Waals surface area contributed by atoms with Crippen LogP contribution in [0.3, 0.4) is 0 Å². The van der Waals surface area contributed by atoms with E-state index in [1.165, 1.54) is 6.08 Å². The highest BCUT2D eigenvalue weighted by Crippen LogP contribution is 2.29. The third-order valence-corrected chi connectivity index (χ3v) is 2.82. The minimum absolute atomic E-state index is 0.145. The van der Waals surface area contributed by atoms with Crippen LogP contribution in [-0.2, 0) is 0 Å². The van der Waals surface area contributed by atoms with Crippen LogP contribution in [0, 0.1) is 25.2 Å². The molecular formula is C15H12ClN3O. The molecule has 20 heavy (non-hydrogen) atoms. The molecule has 2 aromatic rings. The van der Waals surface area contributed by atoms with Gasteiger partial charge in [0.15, 0.2) is 0 Å². The lowest BCUT2D eigenvalue weighted by Crippen LogP contribution is -1.95. The van der Waals surface area contributed by atoms with Crippen molar-refractivity contribution in [1.29, 1.82) is 5.26 Å². The number of nitriles is 1. The second-order valence-corrected chi connectivity index (χ2v) is 4.55. The van der Waals surface area contributed by atoms with E-state index in [4.69, 9.17) is 21.6 Å². The summed E-state index contributed by atoms with van der Waals surface area (Å²) in [5.74, 6) is 1.13. The first-order chi connectivity index (χ1) is 9.60. The molecule has 0 spiro atoms. The summed E-state index contributed by atoms with van der Waals surface area (Å²) in [5.41, 5.74) is 2.87. The maximum atomic E-state index is 8.55. The number of halogens is 1. The summed E-state index contributed by atoms with van der Waals surface area (Å²) in [4.78, 5) is 7.81. The summed E-state index contributed by atoms with van der Waals surface area (Å²) < 4.78 is 5.76. The van der Waals surface area contributed by atoms with Gasteiger partial charge in [-0.25, -0.2) is 4.98 Å². The lowest BCUT2D eigenvalue weighted by molar-refractivity contribution is 0.454. The van der Waals surface area contributed by atoms with Crippen LogP contribution in [0.15, 0.2) is 30.5 Å². The number of aryl methyl sites for hydroxylation is 2. The standard InChI is InChI=1S/C15H12ClN3O/c1-10-8-12(4-3-6-17)9-11(2)14(10)20-13-5-7-18-15(16)19-13/h3-5,7-9H,1-2H3. The molecule has 1 aromatic heterocycles. The molecule has 0 amide bonds. The Morgan fingerprint density at radius 3 is 2.60 bits per heavy atom. The Morgan fingerprint density at radius 2 is 2.00 bits per heavy atom. The van der Waals surface area contributed by atoms with Gasteiger partial charge in [-0.1, -0.05) is 0 Å². The van der Waals surface area contributed by atoms with Crippen LogP contribution >= 0.6 is 11.6 Å². The fourth-order valence-electron chi connectivity index (χ4n) is 1.86. The number of aromatic nitrogens is 2. The molecule has 1 heterocycles. The highest BCUT2D eigenvalue weighted by Gasteiger charge is 2.08. The monoisotopic (exact) mass is 285 g/mol. The predicted molar refractivity (Wildman–Crippen MR) is 77.7 cm³/mol. The molecule has 0 unspecified atom stereocenters. The van der Waals surface area contributed by atoms with Gasteiger partial charge in [0.25, 0.3) is 0 Å². The van der Waals surface area contributed by atoms with Gasteiger partial charge in [0.05, 0.1) is 6.07 Å². The van der Waals surface area contributed by atoms with Crippen LogP contribution in [0.2, 0.25) is 5.28 Å². The molecule has 0 saturated carbocycles. The van der Waals surface area contributed by atoms with E-state index in [1.807, 2.05) is 32.0 Å². The zero-order valence-corrected chi connectivity index (χ0v) is 11.8. The van der Waals surface area contributed by atoms with Gasteiger partial charge in [0.2, 0.25) is 11.2 Å². The average molecular weight is 286 g/mol. The molecule has 0 N–H and O–H groups in total. The number of ether oxygens (including phenoxy) is 1. The third-order valence-electron chi connectivity index (χ3n) is 2.64. The van der Waals surface area contributed by atoms with Gasteiger partial charge in [-0.3, -0.25) is 0 Å². The smallest absolute Gasteiger partial charge is 0.225 e. The lowest BCUT2D eigenvalue weighted by Gasteiger charge is -2.12. The normalized spacial score (nSPS) is 10.5. The molecule has 0 aliphatic rings. The number of rotatable bonds is 3. The first-order valence-electron chi connectivity index (χ1n) is 5.94. The minimum Gasteiger partial charge on any atom is -0.438 e. The number of nitrogens with zero attached hydrogens (tertiary/aromatic N) is 3. The number of hydrogen-bond acceptors (Lipinski definition) is 4. The van der Waals surface area contributed by atoms with Crippen molar-refractivity contribution in [1.82, 2.24) is 9.97 Å². The zero-order valence-electron chi connectivity index (χ0n) is 11.1. The number of allylic oxidation sites excluding steroid dienone is 1. The van der Waals surface area contributed by atoms with Gasteiger partial charge in [-0.15, -0.1) is 0 Å². The van der Waals surface area contributed by atoms with Crippen LogP contribution in [-0.4, -0.2) is 9.97 Å². The van der Waals surface area contributed by atoms with E-state index in [0.717, 1.165) is 22.4 Å². The summed E-state index contributed by atoms with van der Waals surface area (Å²) in [6.45, 7) is 3.88. The third kappa shape index (κ3) is 3.34. The Kier molecular flexibility index (Phi) is 4.34. The molecule has 1 aromatic carbocycles. The molecule has 0 fully saturated rings. The van der Waals surface area contributed by atoms with Crippen molar-refractivity contribution in [2.45, 2.75) is 13.8 Å².